The van der Waals surface area contributed by atoms with Crippen LogP contribution in [0, 0.1) is 5.92 Å². The molecular formula is C17H14N2O3S. The van der Waals surface area contributed by atoms with Gasteiger partial charge >= 0.3 is 0 Å². The summed E-state index contributed by atoms with van der Waals surface area (Å²) in [5.74, 6) is 1.28. The molecular weight excluding hydrogens is 312 g/mol. The summed E-state index contributed by atoms with van der Waals surface area (Å²) in [5, 5.41) is 5.30. The summed E-state index contributed by atoms with van der Waals surface area (Å²) >= 11 is 1.38. The van der Waals surface area contributed by atoms with Gasteiger partial charge in [-0.2, -0.15) is 0 Å². The smallest absolute Gasteiger partial charge is 0.233 e. The number of amides is 1. The van der Waals surface area contributed by atoms with E-state index in [0.717, 1.165) is 17.0 Å². The molecule has 4 rings (SSSR count). The highest BCUT2D eigenvalue weighted by Crippen LogP contribution is 2.29. The summed E-state index contributed by atoms with van der Waals surface area (Å²) in [6.07, 6.45) is 2.28. The van der Waals surface area contributed by atoms with Crippen LogP contribution in [0.4, 0.5) is 5.13 Å². The Morgan fingerprint density at radius 3 is 3.04 bits per heavy atom. The van der Waals surface area contributed by atoms with Crippen molar-refractivity contribution in [1.29, 1.82) is 0 Å². The monoisotopic (exact) mass is 326 g/mol. The molecule has 0 radical (unpaired) electrons. The zero-order valence-corrected chi connectivity index (χ0v) is 13.0. The molecule has 1 amide bonds. The first-order valence-corrected chi connectivity index (χ1v) is 8.18. The largest absolute Gasteiger partial charge is 0.492 e. The number of thiazole rings is 1. The number of carbonyl (C=O) groups is 1. The van der Waals surface area contributed by atoms with Gasteiger partial charge < -0.3 is 14.5 Å². The lowest BCUT2D eigenvalue weighted by Crippen LogP contribution is -2.32. The summed E-state index contributed by atoms with van der Waals surface area (Å²) in [4.78, 5) is 16.8. The molecule has 23 heavy (non-hydrogen) atoms. The minimum Gasteiger partial charge on any atom is -0.492 e. The van der Waals surface area contributed by atoms with Crippen molar-refractivity contribution in [3.8, 4) is 17.2 Å². The van der Waals surface area contributed by atoms with Gasteiger partial charge in [0.15, 0.2) is 10.9 Å². The standard InChI is InChI=1S/C17H14N2O3S/c20-16(12-8-11-4-1-2-5-14(11)22-9-12)19-17-18-13(10-23-17)15-6-3-7-21-15/h1-7,10,12H,8-9H2,(H,18,19,20)/t12-/m1/s1. The number of anilines is 1. The SMILES string of the molecule is O=C(Nc1nc(-c2ccco2)cs1)[C@H]1COc2ccccc2C1. The second-order valence-corrected chi connectivity index (χ2v) is 6.18. The Morgan fingerprint density at radius 2 is 2.17 bits per heavy atom. The van der Waals surface area contributed by atoms with Crippen molar-refractivity contribution in [2.24, 2.45) is 5.92 Å². The number of nitrogens with zero attached hydrogens (tertiary/aromatic N) is 1. The third kappa shape index (κ3) is 2.85. The Kier molecular flexibility index (Phi) is 3.59. The van der Waals surface area contributed by atoms with Crippen LogP contribution in [0.3, 0.4) is 0 Å². The number of furan rings is 1. The Morgan fingerprint density at radius 1 is 1.26 bits per heavy atom. The predicted molar refractivity (Wildman–Crippen MR) is 87.6 cm³/mol. The summed E-state index contributed by atoms with van der Waals surface area (Å²) < 4.78 is 11.0. The molecule has 0 spiro atoms. The highest BCUT2D eigenvalue weighted by atomic mass is 32.1. The number of ether oxygens (including phenoxy) is 1. The van der Waals surface area contributed by atoms with Crippen molar-refractivity contribution < 1.29 is 13.9 Å². The number of fused-ring (bicyclic) bond motifs is 1. The molecule has 3 aromatic rings. The van der Waals surface area contributed by atoms with Crippen molar-refractivity contribution in [3.63, 3.8) is 0 Å². The summed E-state index contributed by atoms with van der Waals surface area (Å²) in [6, 6.07) is 11.5. The molecule has 1 N–H and O–H groups in total. The minimum absolute atomic E-state index is 0.0696. The first-order chi connectivity index (χ1) is 11.3. The molecule has 0 fully saturated rings. The second kappa shape index (κ2) is 5.89. The van der Waals surface area contributed by atoms with Gasteiger partial charge in [0.1, 0.15) is 18.1 Å². The number of para-hydroxylation sites is 1. The summed E-state index contributed by atoms with van der Waals surface area (Å²) in [7, 11) is 0. The first kappa shape index (κ1) is 14.0. The molecule has 1 aliphatic heterocycles. The first-order valence-electron chi connectivity index (χ1n) is 7.30. The summed E-state index contributed by atoms with van der Waals surface area (Å²) in [6.45, 7) is 0.388. The fourth-order valence-electron chi connectivity index (χ4n) is 2.57. The average Bonchev–Trinajstić information content (AvgIpc) is 3.25. The van der Waals surface area contributed by atoms with Crippen molar-refractivity contribution >= 4 is 22.4 Å². The maximum Gasteiger partial charge on any atom is 0.233 e. The van der Waals surface area contributed by atoms with Crippen LogP contribution >= 0.6 is 11.3 Å². The highest BCUT2D eigenvalue weighted by Gasteiger charge is 2.26. The lowest BCUT2D eigenvalue weighted by atomic mass is 9.96. The molecule has 116 valence electrons. The van der Waals surface area contributed by atoms with Crippen LogP contribution in [0.2, 0.25) is 0 Å². The predicted octanol–water partition coefficient (Wildman–Crippen LogP) is 3.59. The van der Waals surface area contributed by atoms with E-state index in [9.17, 15) is 4.79 Å². The third-order valence-electron chi connectivity index (χ3n) is 3.76. The number of nitrogens with one attached hydrogen (secondary N) is 1. The fraction of sp³-hybridized carbons (Fsp3) is 0.176. The van der Waals surface area contributed by atoms with Gasteiger partial charge in [-0.25, -0.2) is 4.98 Å². The van der Waals surface area contributed by atoms with E-state index in [2.05, 4.69) is 10.3 Å². The van der Waals surface area contributed by atoms with E-state index < -0.39 is 0 Å². The Hall–Kier alpha value is -2.60. The number of carbonyl (C=O) groups excluding carboxylic acids is 1. The summed E-state index contributed by atoms with van der Waals surface area (Å²) in [5.41, 5.74) is 1.79. The number of aromatic nitrogens is 1. The molecule has 1 aliphatic rings. The van der Waals surface area contributed by atoms with Gasteiger partial charge in [0, 0.05) is 5.38 Å². The van der Waals surface area contributed by atoms with Crippen LogP contribution in [-0.2, 0) is 11.2 Å². The van der Waals surface area contributed by atoms with Crippen LogP contribution in [0.25, 0.3) is 11.5 Å². The number of benzene rings is 1. The van der Waals surface area contributed by atoms with Crippen LogP contribution in [0.5, 0.6) is 5.75 Å². The van der Waals surface area contributed by atoms with E-state index in [0.29, 0.717) is 23.9 Å². The maximum atomic E-state index is 12.4. The van der Waals surface area contributed by atoms with Crippen LogP contribution < -0.4 is 10.1 Å². The zero-order chi connectivity index (χ0) is 15.6. The van der Waals surface area contributed by atoms with Crippen molar-refractivity contribution in [2.45, 2.75) is 6.42 Å². The van der Waals surface area contributed by atoms with E-state index in [1.165, 1.54) is 11.3 Å². The molecule has 1 aromatic carbocycles. The Bertz CT molecular complexity index is 826. The van der Waals surface area contributed by atoms with E-state index in [-0.39, 0.29) is 11.8 Å². The van der Waals surface area contributed by atoms with Crippen molar-refractivity contribution in [2.75, 3.05) is 11.9 Å². The van der Waals surface area contributed by atoms with Gasteiger partial charge in [-0.05, 0) is 30.2 Å². The second-order valence-electron chi connectivity index (χ2n) is 5.32. The Balaban J connectivity index is 1.45. The molecule has 0 saturated heterocycles. The van der Waals surface area contributed by atoms with Gasteiger partial charge in [-0.3, -0.25) is 4.79 Å². The quantitative estimate of drug-likeness (QED) is 0.799. The maximum absolute atomic E-state index is 12.4. The minimum atomic E-state index is -0.208. The topological polar surface area (TPSA) is 64.4 Å². The normalized spacial score (nSPS) is 16.4. The molecule has 0 saturated carbocycles. The van der Waals surface area contributed by atoms with Gasteiger partial charge in [0.2, 0.25) is 5.91 Å². The van der Waals surface area contributed by atoms with Gasteiger partial charge in [-0.15, -0.1) is 11.3 Å². The molecule has 0 unspecified atom stereocenters. The number of rotatable bonds is 3. The number of hydrogen-bond acceptors (Lipinski definition) is 5. The highest BCUT2D eigenvalue weighted by molar-refractivity contribution is 7.14. The Labute approximate surface area is 136 Å². The van der Waals surface area contributed by atoms with Gasteiger partial charge in [0.25, 0.3) is 0 Å². The molecule has 2 aromatic heterocycles. The van der Waals surface area contributed by atoms with Crippen molar-refractivity contribution in [1.82, 2.24) is 4.98 Å². The molecule has 1 atom stereocenters. The lowest BCUT2D eigenvalue weighted by Gasteiger charge is -2.24. The van der Waals surface area contributed by atoms with Crippen LogP contribution in [0.1, 0.15) is 5.56 Å². The lowest BCUT2D eigenvalue weighted by molar-refractivity contribution is -0.121. The van der Waals surface area contributed by atoms with Crippen LogP contribution in [0.15, 0.2) is 52.5 Å². The van der Waals surface area contributed by atoms with Gasteiger partial charge in [0.05, 0.1) is 12.2 Å². The molecule has 3 heterocycles. The van der Waals surface area contributed by atoms with E-state index in [4.69, 9.17) is 9.15 Å². The molecule has 5 nitrogen and oxygen atoms in total. The molecule has 6 heteroatoms. The fourth-order valence-corrected chi connectivity index (χ4v) is 3.28. The average molecular weight is 326 g/mol. The number of hydrogen-bond donors (Lipinski definition) is 1. The van der Waals surface area contributed by atoms with E-state index in [1.54, 1.807) is 6.26 Å². The van der Waals surface area contributed by atoms with Crippen LogP contribution in [-0.4, -0.2) is 17.5 Å². The third-order valence-corrected chi connectivity index (χ3v) is 4.52. The van der Waals surface area contributed by atoms with E-state index >= 15 is 0 Å². The van der Waals surface area contributed by atoms with Crippen molar-refractivity contribution in [3.05, 3.63) is 53.6 Å². The molecule has 0 bridgehead atoms. The van der Waals surface area contributed by atoms with Gasteiger partial charge in [-0.1, -0.05) is 18.2 Å². The zero-order valence-electron chi connectivity index (χ0n) is 12.2. The molecule has 0 aliphatic carbocycles. The van der Waals surface area contributed by atoms with E-state index in [1.807, 2.05) is 41.8 Å².